The van der Waals surface area contributed by atoms with E-state index in [2.05, 4.69) is 17.4 Å². The van der Waals surface area contributed by atoms with Crippen LogP contribution in [0.2, 0.25) is 10.0 Å². The number of pyridine rings is 1. The monoisotopic (exact) mass is 338 g/mol. The van der Waals surface area contributed by atoms with Crippen molar-refractivity contribution in [2.75, 3.05) is 5.32 Å². The molecule has 0 fully saturated rings. The quantitative estimate of drug-likeness (QED) is 0.425. The van der Waals surface area contributed by atoms with Crippen LogP contribution < -0.4 is 5.32 Å². The van der Waals surface area contributed by atoms with Crippen molar-refractivity contribution < 1.29 is 0 Å². The number of rotatable bonds is 2. The van der Waals surface area contributed by atoms with Gasteiger partial charge in [0.2, 0.25) is 0 Å². The molecular weight excluding hydrogens is 327 g/mol. The van der Waals surface area contributed by atoms with Gasteiger partial charge in [-0.2, -0.15) is 0 Å². The fourth-order valence-electron chi connectivity index (χ4n) is 2.70. The highest BCUT2D eigenvalue weighted by Crippen LogP contribution is 2.35. The van der Waals surface area contributed by atoms with E-state index < -0.39 is 0 Å². The first kappa shape index (κ1) is 14.3. The lowest BCUT2D eigenvalue weighted by atomic mass is 10.1. The summed E-state index contributed by atoms with van der Waals surface area (Å²) in [6.45, 7) is 0. The second-order valence-electron chi connectivity index (χ2n) is 5.27. The summed E-state index contributed by atoms with van der Waals surface area (Å²) in [5.41, 5.74) is 3.70. The van der Waals surface area contributed by atoms with Crippen LogP contribution in [0.15, 0.2) is 66.7 Å². The van der Waals surface area contributed by atoms with Gasteiger partial charge in [-0.3, -0.25) is 0 Å². The van der Waals surface area contributed by atoms with Gasteiger partial charge in [-0.15, -0.1) is 0 Å². The molecule has 1 N–H and O–H groups in total. The Bertz CT molecular complexity index is 974. The molecule has 0 aliphatic rings. The Morgan fingerprint density at radius 3 is 1.96 bits per heavy atom. The number of benzene rings is 3. The molecule has 4 heteroatoms. The van der Waals surface area contributed by atoms with E-state index >= 15 is 0 Å². The normalized spacial score (nSPS) is 11.0. The molecule has 0 aliphatic heterocycles. The van der Waals surface area contributed by atoms with Gasteiger partial charge in [-0.1, -0.05) is 59.6 Å². The molecule has 23 heavy (non-hydrogen) atoms. The zero-order valence-electron chi connectivity index (χ0n) is 12.1. The van der Waals surface area contributed by atoms with Crippen LogP contribution in [0.5, 0.6) is 0 Å². The van der Waals surface area contributed by atoms with Crippen molar-refractivity contribution in [1.82, 2.24) is 4.98 Å². The minimum Gasteiger partial charge on any atom is -0.353 e. The van der Waals surface area contributed by atoms with Gasteiger partial charge >= 0.3 is 0 Å². The molecular formula is C19H12Cl2N2. The summed E-state index contributed by atoms with van der Waals surface area (Å²) in [6.07, 6.45) is 0. The molecule has 0 radical (unpaired) electrons. The smallest absolute Gasteiger partial charge is 0.0730 e. The Kier molecular flexibility index (Phi) is 3.56. The molecule has 0 spiro atoms. The lowest BCUT2D eigenvalue weighted by molar-refractivity contribution is 1.48. The molecule has 0 saturated carbocycles. The van der Waals surface area contributed by atoms with Crippen LogP contribution >= 0.6 is 23.2 Å². The van der Waals surface area contributed by atoms with E-state index in [9.17, 15) is 0 Å². The van der Waals surface area contributed by atoms with Crippen LogP contribution in [0, 0.1) is 0 Å². The van der Waals surface area contributed by atoms with Crippen LogP contribution in [0.4, 0.5) is 11.4 Å². The molecule has 0 unspecified atom stereocenters. The minimum absolute atomic E-state index is 0.586. The van der Waals surface area contributed by atoms with Crippen LogP contribution in [0.3, 0.4) is 0 Å². The number of hydrogen-bond donors (Lipinski definition) is 1. The largest absolute Gasteiger partial charge is 0.353 e. The molecule has 0 saturated heterocycles. The number of nitrogens with zero attached hydrogens (tertiary/aromatic N) is 1. The van der Waals surface area contributed by atoms with Gasteiger partial charge in [-0.25, -0.2) is 4.98 Å². The van der Waals surface area contributed by atoms with Crippen LogP contribution in [-0.4, -0.2) is 4.98 Å². The number of anilines is 2. The van der Waals surface area contributed by atoms with E-state index in [-0.39, 0.29) is 0 Å². The third-order valence-electron chi connectivity index (χ3n) is 3.78. The second kappa shape index (κ2) is 5.73. The Morgan fingerprint density at radius 2 is 1.35 bits per heavy atom. The van der Waals surface area contributed by atoms with Gasteiger partial charge in [0.1, 0.15) is 0 Å². The fraction of sp³-hybridized carbons (Fsp3) is 0. The number of aromatic nitrogens is 1. The maximum Gasteiger partial charge on any atom is 0.0730 e. The van der Waals surface area contributed by atoms with Gasteiger partial charge in [0.15, 0.2) is 0 Å². The molecule has 0 aliphatic carbocycles. The minimum atomic E-state index is 0.586. The van der Waals surface area contributed by atoms with Gasteiger partial charge in [0.25, 0.3) is 0 Å². The molecule has 4 aromatic rings. The first-order valence-electron chi connectivity index (χ1n) is 7.22. The molecule has 3 aromatic carbocycles. The first-order valence-corrected chi connectivity index (χ1v) is 7.97. The molecule has 1 heterocycles. The zero-order chi connectivity index (χ0) is 15.8. The number of fused-ring (bicyclic) bond motifs is 2. The van der Waals surface area contributed by atoms with Crippen molar-refractivity contribution in [2.24, 2.45) is 0 Å². The first-order chi connectivity index (χ1) is 11.2. The van der Waals surface area contributed by atoms with Crippen molar-refractivity contribution in [3.8, 4) is 0 Å². The highest BCUT2D eigenvalue weighted by molar-refractivity contribution is 6.36. The van der Waals surface area contributed by atoms with Gasteiger partial charge in [0, 0.05) is 15.8 Å². The van der Waals surface area contributed by atoms with Gasteiger partial charge in [-0.05, 0) is 30.3 Å². The van der Waals surface area contributed by atoms with E-state index in [4.69, 9.17) is 28.2 Å². The van der Waals surface area contributed by atoms with E-state index in [1.807, 2.05) is 48.5 Å². The van der Waals surface area contributed by atoms with E-state index in [0.29, 0.717) is 10.0 Å². The van der Waals surface area contributed by atoms with Crippen molar-refractivity contribution >= 4 is 56.4 Å². The average molecular weight is 339 g/mol. The Morgan fingerprint density at radius 1 is 0.739 bits per heavy atom. The summed E-state index contributed by atoms with van der Waals surface area (Å²) < 4.78 is 0. The fourth-order valence-corrected chi connectivity index (χ4v) is 3.16. The maximum atomic E-state index is 6.32. The predicted octanol–water partition coefficient (Wildman–Crippen LogP) is 6.44. The standard InChI is InChI=1S/C19H12Cl2N2/c20-12-9-10-18(15(21)11-12)23-19-13-5-1-3-7-16(13)22-17-8-4-2-6-14(17)19/h1-11H,(H,22,23). The summed E-state index contributed by atoms with van der Waals surface area (Å²) in [5.74, 6) is 0. The molecule has 1 aromatic heterocycles. The zero-order valence-corrected chi connectivity index (χ0v) is 13.6. The highest BCUT2D eigenvalue weighted by Gasteiger charge is 2.10. The summed E-state index contributed by atoms with van der Waals surface area (Å²) >= 11 is 12.3. The van der Waals surface area contributed by atoms with Gasteiger partial charge < -0.3 is 5.32 Å². The summed E-state index contributed by atoms with van der Waals surface area (Å²) in [7, 11) is 0. The number of nitrogens with one attached hydrogen (secondary N) is 1. The van der Waals surface area contributed by atoms with Crippen molar-refractivity contribution in [2.45, 2.75) is 0 Å². The lowest BCUT2D eigenvalue weighted by Gasteiger charge is -2.14. The van der Waals surface area contributed by atoms with E-state index in [1.165, 1.54) is 0 Å². The second-order valence-corrected chi connectivity index (χ2v) is 6.11. The van der Waals surface area contributed by atoms with Crippen LogP contribution in [0.25, 0.3) is 21.8 Å². The van der Waals surface area contributed by atoms with Crippen LogP contribution in [-0.2, 0) is 0 Å². The molecule has 2 nitrogen and oxygen atoms in total. The summed E-state index contributed by atoms with van der Waals surface area (Å²) in [6, 6.07) is 21.6. The van der Waals surface area contributed by atoms with Crippen LogP contribution in [0.1, 0.15) is 0 Å². The number of para-hydroxylation sites is 2. The summed E-state index contributed by atoms with van der Waals surface area (Å²) in [4.78, 5) is 4.72. The molecule has 0 amide bonds. The van der Waals surface area contributed by atoms with E-state index in [1.54, 1.807) is 6.07 Å². The average Bonchev–Trinajstić information content (AvgIpc) is 2.56. The number of halogens is 2. The SMILES string of the molecule is Clc1ccc(Nc2c3ccccc3nc3ccccc23)c(Cl)c1. The Hall–Kier alpha value is -2.29. The highest BCUT2D eigenvalue weighted by atomic mass is 35.5. The van der Waals surface area contributed by atoms with Crippen molar-refractivity contribution in [3.63, 3.8) is 0 Å². The third kappa shape index (κ3) is 2.61. The Labute approximate surface area is 143 Å². The predicted molar refractivity (Wildman–Crippen MR) is 99.0 cm³/mol. The Balaban J connectivity index is 1.99. The summed E-state index contributed by atoms with van der Waals surface area (Å²) in [5, 5.41) is 6.76. The topological polar surface area (TPSA) is 24.9 Å². The molecule has 112 valence electrons. The number of hydrogen-bond acceptors (Lipinski definition) is 2. The maximum absolute atomic E-state index is 6.32. The molecule has 4 rings (SSSR count). The van der Waals surface area contributed by atoms with E-state index in [0.717, 1.165) is 33.2 Å². The lowest BCUT2D eigenvalue weighted by Crippen LogP contribution is -1.95. The van der Waals surface area contributed by atoms with Crippen molar-refractivity contribution in [1.29, 1.82) is 0 Å². The molecule has 0 bridgehead atoms. The molecule has 0 atom stereocenters. The van der Waals surface area contributed by atoms with Gasteiger partial charge in [0.05, 0.1) is 27.4 Å². The third-order valence-corrected chi connectivity index (χ3v) is 4.33. The van der Waals surface area contributed by atoms with Crippen molar-refractivity contribution in [3.05, 3.63) is 76.8 Å².